The number of carbonyl (C=O) groups excluding carboxylic acids is 3. The first-order valence-electron chi connectivity index (χ1n) is 8.14. The highest BCUT2D eigenvalue weighted by Crippen LogP contribution is 2.34. The molecule has 1 N–H and O–H groups in total. The van der Waals surface area contributed by atoms with Crippen LogP contribution < -0.4 is 19.5 Å². The van der Waals surface area contributed by atoms with Gasteiger partial charge >= 0.3 is 5.97 Å². The van der Waals surface area contributed by atoms with Gasteiger partial charge < -0.3 is 24.3 Å². The Labute approximate surface area is 155 Å². The van der Waals surface area contributed by atoms with Crippen LogP contribution in [0.4, 0.5) is 5.69 Å². The summed E-state index contributed by atoms with van der Waals surface area (Å²) in [5, 5.41) is 2.63. The Balaban J connectivity index is 1.50. The van der Waals surface area contributed by atoms with Crippen molar-refractivity contribution in [2.45, 2.75) is 13.0 Å². The van der Waals surface area contributed by atoms with E-state index < -0.39 is 24.6 Å². The van der Waals surface area contributed by atoms with Crippen LogP contribution in [0, 0.1) is 0 Å². The average molecular weight is 371 g/mol. The highest BCUT2D eigenvalue weighted by atomic mass is 16.7. The highest BCUT2D eigenvalue weighted by molar-refractivity contribution is 5.95. The maximum Gasteiger partial charge on any atom is 0.344 e. The van der Waals surface area contributed by atoms with Crippen molar-refractivity contribution in [1.82, 2.24) is 0 Å². The molecule has 1 amide bonds. The Morgan fingerprint density at radius 1 is 1.19 bits per heavy atom. The summed E-state index contributed by atoms with van der Waals surface area (Å²) < 4.78 is 20.8. The summed E-state index contributed by atoms with van der Waals surface area (Å²) in [4.78, 5) is 35.0. The summed E-state index contributed by atoms with van der Waals surface area (Å²) in [6, 6.07) is 11.4. The van der Waals surface area contributed by atoms with Crippen LogP contribution in [0.25, 0.3) is 0 Å². The van der Waals surface area contributed by atoms with E-state index in [1.54, 1.807) is 42.5 Å². The van der Waals surface area contributed by atoms with Gasteiger partial charge in [0.15, 0.2) is 30.5 Å². The summed E-state index contributed by atoms with van der Waals surface area (Å²) in [6.07, 6.45) is -0.407. The molecule has 3 rings (SSSR count). The van der Waals surface area contributed by atoms with Gasteiger partial charge in [-0.05, 0) is 31.2 Å². The fraction of sp³-hybridized carbons (Fsp3) is 0.211. The number of hydrogen-bond acceptors (Lipinski definition) is 7. The molecule has 8 nitrogen and oxygen atoms in total. The summed E-state index contributed by atoms with van der Waals surface area (Å²) in [7, 11) is 0. The molecule has 1 heterocycles. The van der Waals surface area contributed by atoms with Crippen LogP contribution in [0.15, 0.2) is 42.5 Å². The number of fused-ring (bicyclic) bond motifs is 1. The lowest BCUT2D eigenvalue weighted by molar-refractivity contribution is -0.155. The van der Waals surface area contributed by atoms with E-state index in [4.69, 9.17) is 18.9 Å². The Hall–Kier alpha value is -3.55. The standard InChI is InChI=1S/C19H17NO7/c1-12(19(23)20-14-6-7-16-17(8-14)26-11-25-16)27-18(22)10-24-15-5-3-2-4-13(15)9-21/h2-9,12H,10-11H2,1H3,(H,20,23)/t12-/m0/s1. The molecule has 0 saturated heterocycles. The predicted octanol–water partition coefficient (Wildman–Crippen LogP) is 2.18. The summed E-state index contributed by atoms with van der Waals surface area (Å²) in [5.41, 5.74) is 0.808. The Morgan fingerprint density at radius 3 is 2.78 bits per heavy atom. The number of benzene rings is 2. The molecule has 0 radical (unpaired) electrons. The number of amides is 1. The molecule has 0 saturated carbocycles. The molecule has 1 aliphatic heterocycles. The van der Waals surface area contributed by atoms with Crippen molar-refractivity contribution < 1.29 is 33.3 Å². The molecule has 2 aromatic carbocycles. The van der Waals surface area contributed by atoms with Gasteiger partial charge in [0.05, 0.1) is 5.56 Å². The smallest absolute Gasteiger partial charge is 0.344 e. The fourth-order valence-electron chi connectivity index (χ4n) is 2.35. The third-order valence-corrected chi connectivity index (χ3v) is 3.71. The normalized spacial score (nSPS) is 12.8. The van der Waals surface area contributed by atoms with E-state index in [1.807, 2.05) is 0 Å². The maximum absolute atomic E-state index is 12.2. The lowest BCUT2D eigenvalue weighted by atomic mass is 10.2. The van der Waals surface area contributed by atoms with E-state index in [1.165, 1.54) is 6.92 Å². The average Bonchev–Trinajstić information content (AvgIpc) is 3.14. The van der Waals surface area contributed by atoms with Crippen LogP contribution in [0.5, 0.6) is 17.2 Å². The van der Waals surface area contributed by atoms with Crippen molar-refractivity contribution in [3.8, 4) is 17.2 Å². The molecular formula is C19H17NO7. The molecule has 1 atom stereocenters. The van der Waals surface area contributed by atoms with E-state index in [-0.39, 0.29) is 12.5 Å². The molecule has 0 unspecified atom stereocenters. The van der Waals surface area contributed by atoms with Crippen molar-refractivity contribution in [3.05, 3.63) is 48.0 Å². The zero-order valence-electron chi connectivity index (χ0n) is 14.5. The molecular weight excluding hydrogens is 354 g/mol. The molecule has 0 bridgehead atoms. The maximum atomic E-state index is 12.2. The van der Waals surface area contributed by atoms with E-state index in [2.05, 4.69) is 5.32 Å². The van der Waals surface area contributed by atoms with Gasteiger partial charge in [0.1, 0.15) is 5.75 Å². The first kappa shape index (κ1) is 18.2. The number of hydrogen-bond donors (Lipinski definition) is 1. The van der Waals surface area contributed by atoms with Gasteiger partial charge in [0.2, 0.25) is 6.79 Å². The van der Waals surface area contributed by atoms with E-state index in [9.17, 15) is 14.4 Å². The number of esters is 1. The lowest BCUT2D eigenvalue weighted by Crippen LogP contribution is -2.31. The Morgan fingerprint density at radius 2 is 1.96 bits per heavy atom. The van der Waals surface area contributed by atoms with Crippen molar-refractivity contribution in [1.29, 1.82) is 0 Å². The number of anilines is 1. The first-order valence-corrected chi connectivity index (χ1v) is 8.14. The second-order valence-electron chi connectivity index (χ2n) is 5.63. The minimum absolute atomic E-state index is 0.133. The van der Waals surface area contributed by atoms with Gasteiger partial charge in [0, 0.05) is 11.8 Å². The fourth-order valence-corrected chi connectivity index (χ4v) is 2.35. The zero-order valence-corrected chi connectivity index (χ0v) is 14.5. The van der Waals surface area contributed by atoms with Crippen LogP contribution in [-0.2, 0) is 14.3 Å². The number of ether oxygens (including phenoxy) is 4. The number of para-hydroxylation sites is 1. The number of carbonyl (C=O) groups is 3. The van der Waals surface area contributed by atoms with Gasteiger partial charge in [-0.2, -0.15) is 0 Å². The van der Waals surface area contributed by atoms with Gasteiger partial charge in [-0.1, -0.05) is 12.1 Å². The first-order chi connectivity index (χ1) is 13.1. The number of rotatable bonds is 7. The Bertz CT molecular complexity index is 865. The minimum Gasteiger partial charge on any atom is -0.481 e. The zero-order chi connectivity index (χ0) is 19.2. The third kappa shape index (κ3) is 4.55. The van der Waals surface area contributed by atoms with Crippen molar-refractivity contribution >= 4 is 23.9 Å². The second-order valence-corrected chi connectivity index (χ2v) is 5.63. The van der Waals surface area contributed by atoms with Gasteiger partial charge in [-0.25, -0.2) is 4.79 Å². The molecule has 2 aromatic rings. The van der Waals surface area contributed by atoms with Crippen molar-refractivity contribution in [3.63, 3.8) is 0 Å². The van der Waals surface area contributed by atoms with Gasteiger partial charge in [-0.15, -0.1) is 0 Å². The second kappa shape index (κ2) is 8.22. The van der Waals surface area contributed by atoms with Crippen LogP contribution in [-0.4, -0.2) is 37.7 Å². The van der Waals surface area contributed by atoms with Crippen LogP contribution in [0.3, 0.4) is 0 Å². The topological polar surface area (TPSA) is 100 Å². The quantitative estimate of drug-likeness (QED) is 0.588. The molecule has 0 spiro atoms. The van der Waals surface area contributed by atoms with Crippen LogP contribution in [0.1, 0.15) is 17.3 Å². The molecule has 140 valence electrons. The number of aldehydes is 1. The predicted molar refractivity (Wildman–Crippen MR) is 94.1 cm³/mol. The van der Waals surface area contributed by atoms with E-state index in [0.717, 1.165) is 0 Å². The molecule has 0 aliphatic carbocycles. The molecule has 0 fully saturated rings. The van der Waals surface area contributed by atoms with Crippen LogP contribution >= 0.6 is 0 Å². The van der Waals surface area contributed by atoms with Crippen molar-refractivity contribution in [2.24, 2.45) is 0 Å². The molecule has 1 aliphatic rings. The van der Waals surface area contributed by atoms with E-state index in [0.29, 0.717) is 29.0 Å². The van der Waals surface area contributed by atoms with Crippen LogP contribution in [0.2, 0.25) is 0 Å². The molecule has 0 aromatic heterocycles. The monoisotopic (exact) mass is 371 g/mol. The Kier molecular flexibility index (Phi) is 5.55. The summed E-state index contributed by atoms with van der Waals surface area (Å²) in [5.74, 6) is 0.154. The summed E-state index contributed by atoms with van der Waals surface area (Å²) in [6.45, 7) is 1.15. The third-order valence-electron chi connectivity index (χ3n) is 3.71. The number of nitrogens with one attached hydrogen (secondary N) is 1. The lowest BCUT2D eigenvalue weighted by Gasteiger charge is -2.14. The van der Waals surface area contributed by atoms with Gasteiger partial charge in [-0.3, -0.25) is 9.59 Å². The van der Waals surface area contributed by atoms with E-state index >= 15 is 0 Å². The largest absolute Gasteiger partial charge is 0.481 e. The highest BCUT2D eigenvalue weighted by Gasteiger charge is 2.20. The molecule has 27 heavy (non-hydrogen) atoms. The SMILES string of the molecule is C[C@H](OC(=O)COc1ccccc1C=O)C(=O)Nc1ccc2c(c1)OCO2. The van der Waals surface area contributed by atoms with Crippen molar-refractivity contribution in [2.75, 3.05) is 18.7 Å². The molecule has 8 heteroatoms. The minimum atomic E-state index is -1.03. The summed E-state index contributed by atoms with van der Waals surface area (Å²) >= 11 is 0. The van der Waals surface area contributed by atoms with Gasteiger partial charge in [0.25, 0.3) is 5.91 Å².